The molecule has 1 unspecified atom stereocenters. The van der Waals surface area contributed by atoms with Gasteiger partial charge in [0.15, 0.2) is 0 Å². The fraction of sp³-hybridized carbons (Fsp3) is 0.400. The zero-order valence-electron chi connectivity index (χ0n) is 11.7. The molecule has 0 aliphatic carbocycles. The van der Waals surface area contributed by atoms with Crippen LogP contribution in [0.5, 0.6) is 0 Å². The number of nitrogens with zero attached hydrogens (tertiary/aromatic N) is 1. The second-order valence-electron chi connectivity index (χ2n) is 5.28. The van der Waals surface area contributed by atoms with Crippen LogP contribution in [0, 0.1) is 6.92 Å². The minimum atomic E-state index is 0.0912. The van der Waals surface area contributed by atoms with Crippen molar-refractivity contribution >= 4 is 44.8 Å². The van der Waals surface area contributed by atoms with Crippen LogP contribution in [0.4, 0.5) is 5.69 Å². The van der Waals surface area contributed by atoms with Crippen LogP contribution in [0.2, 0.25) is 0 Å². The van der Waals surface area contributed by atoms with E-state index in [0.29, 0.717) is 15.8 Å². The zero-order valence-corrected chi connectivity index (χ0v) is 13.3. The number of thioether (sulfide) groups is 1. The molecule has 0 bridgehead atoms. The Bertz CT molecular complexity index is 665. The molecule has 20 heavy (non-hydrogen) atoms. The first kappa shape index (κ1) is 13.8. The number of rotatable bonds is 1. The van der Waals surface area contributed by atoms with Gasteiger partial charge in [0.1, 0.15) is 4.88 Å². The van der Waals surface area contributed by atoms with Gasteiger partial charge < -0.3 is 10.6 Å². The van der Waals surface area contributed by atoms with E-state index in [9.17, 15) is 4.79 Å². The van der Waals surface area contributed by atoms with Crippen LogP contribution in [-0.4, -0.2) is 34.9 Å². The molecule has 3 nitrogen and oxygen atoms in total. The number of aryl methyl sites for hydroxylation is 1. The van der Waals surface area contributed by atoms with E-state index in [1.54, 1.807) is 0 Å². The summed E-state index contributed by atoms with van der Waals surface area (Å²) in [5.74, 6) is 1.10. The van der Waals surface area contributed by atoms with Gasteiger partial charge in [-0.3, -0.25) is 4.79 Å². The first-order valence-corrected chi connectivity index (χ1v) is 8.62. The van der Waals surface area contributed by atoms with Gasteiger partial charge in [-0.2, -0.15) is 11.8 Å². The summed E-state index contributed by atoms with van der Waals surface area (Å²) in [5.41, 5.74) is 8.02. The maximum atomic E-state index is 12.7. The average molecular weight is 306 g/mol. The van der Waals surface area contributed by atoms with Crippen LogP contribution in [0.1, 0.15) is 22.2 Å². The van der Waals surface area contributed by atoms with Crippen LogP contribution in [0.15, 0.2) is 18.2 Å². The number of fused-ring (bicyclic) bond motifs is 1. The van der Waals surface area contributed by atoms with E-state index < -0.39 is 0 Å². The van der Waals surface area contributed by atoms with Crippen molar-refractivity contribution in [1.29, 1.82) is 0 Å². The molecule has 0 radical (unpaired) electrons. The number of carbonyl (C=O) groups is 1. The topological polar surface area (TPSA) is 46.3 Å². The van der Waals surface area contributed by atoms with E-state index in [1.807, 2.05) is 28.8 Å². The van der Waals surface area contributed by atoms with Crippen molar-refractivity contribution in [3.63, 3.8) is 0 Å². The number of hydrogen-bond donors (Lipinski definition) is 1. The van der Waals surface area contributed by atoms with E-state index in [-0.39, 0.29) is 5.91 Å². The van der Waals surface area contributed by atoms with Gasteiger partial charge in [-0.05, 0) is 18.6 Å². The zero-order chi connectivity index (χ0) is 14.3. The van der Waals surface area contributed by atoms with Crippen molar-refractivity contribution in [3.8, 4) is 0 Å². The lowest BCUT2D eigenvalue weighted by Crippen LogP contribution is -2.40. The van der Waals surface area contributed by atoms with Gasteiger partial charge in [0, 0.05) is 34.2 Å². The minimum absolute atomic E-state index is 0.0912. The predicted molar refractivity (Wildman–Crippen MR) is 88.8 cm³/mol. The largest absolute Gasteiger partial charge is 0.397 e. The Kier molecular flexibility index (Phi) is 3.65. The number of amides is 1. The first-order valence-electron chi connectivity index (χ1n) is 6.76. The number of carbonyl (C=O) groups excluding carboxylic acids is 1. The number of hydrogen-bond acceptors (Lipinski definition) is 4. The molecule has 1 aromatic carbocycles. The van der Waals surface area contributed by atoms with Crippen molar-refractivity contribution < 1.29 is 4.79 Å². The lowest BCUT2D eigenvalue weighted by atomic mass is 10.1. The van der Waals surface area contributed by atoms with Gasteiger partial charge in [0.05, 0.1) is 5.69 Å². The Morgan fingerprint density at radius 1 is 1.45 bits per heavy atom. The molecule has 1 aliphatic rings. The highest BCUT2D eigenvalue weighted by molar-refractivity contribution is 7.99. The summed E-state index contributed by atoms with van der Waals surface area (Å²) in [6, 6.07) is 6.16. The lowest BCUT2D eigenvalue weighted by Gasteiger charge is -2.30. The third-order valence-electron chi connectivity index (χ3n) is 3.61. The highest BCUT2D eigenvalue weighted by Gasteiger charge is 2.25. The molecule has 2 aromatic rings. The molecule has 0 spiro atoms. The van der Waals surface area contributed by atoms with Gasteiger partial charge in [-0.1, -0.05) is 19.1 Å². The van der Waals surface area contributed by atoms with E-state index in [0.717, 1.165) is 28.9 Å². The van der Waals surface area contributed by atoms with Gasteiger partial charge in [-0.25, -0.2) is 0 Å². The maximum absolute atomic E-state index is 12.7. The van der Waals surface area contributed by atoms with Crippen LogP contribution in [0.25, 0.3) is 10.1 Å². The van der Waals surface area contributed by atoms with Crippen molar-refractivity contribution in [3.05, 3.63) is 28.6 Å². The first-order chi connectivity index (χ1) is 9.56. The highest BCUT2D eigenvalue weighted by Crippen LogP contribution is 2.35. The van der Waals surface area contributed by atoms with E-state index >= 15 is 0 Å². The fourth-order valence-corrected chi connectivity index (χ4v) is 4.73. The van der Waals surface area contributed by atoms with Crippen molar-refractivity contribution in [1.82, 2.24) is 4.90 Å². The van der Waals surface area contributed by atoms with Crippen LogP contribution in [0.3, 0.4) is 0 Å². The lowest BCUT2D eigenvalue weighted by molar-refractivity contribution is 0.0769. The average Bonchev–Trinajstić information content (AvgIpc) is 2.74. The third-order valence-corrected chi connectivity index (χ3v) is 5.90. The number of nitrogens with two attached hydrogens (primary N) is 1. The Morgan fingerprint density at radius 3 is 3.00 bits per heavy atom. The van der Waals surface area contributed by atoms with Gasteiger partial charge in [0.25, 0.3) is 5.91 Å². The van der Waals surface area contributed by atoms with E-state index in [2.05, 4.69) is 19.9 Å². The summed E-state index contributed by atoms with van der Waals surface area (Å²) in [4.78, 5) is 15.3. The van der Waals surface area contributed by atoms with Crippen LogP contribution < -0.4 is 5.73 Å². The SMILES string of the molecule is Cc1ccc2c(N)c(C(=O)N3CCSC(C)C3)sc2c1. The molecule has 5 heteroatoms. The summed E-state index contributed by atoms with van der Waals surface area (Å²) in [6.45, 7) is 5.86. The molecule has 3 rings (SSSR count). The second-order valence-corrected chi connectivity index (χ2v) is 7.88. The normalized spacial score (nSPS) is 19.5. The molecule has 1 saturated heterocycles. The summed E-state index contributed by atoms with van der Waals surface area (Å²) >= 11 is 3.44. The number of thiophene rings is 1. The summed E-state index contributed by atoms with van der Waals surface area (Å²) in [5, 5.41) is 1.51. The number of anilines is 1. The van der Waals surface area contributed by atoms with Crippen molar-refractivity contribution in [2.24, 2.45) is 0 Å². The predicted octanol–water partition coefficient (Wildman–Crippen LogP) is 3.37. The van der Waals surface area contributed by atoms with Crippen LogP contribution in [-0.2, 0) is 0 Å². The van der Waals surface area contributed by atoms with E-state index in [1.165, 1.54) is 16.9 Å². The second kappa shape index (κ2) is 5.30. The smallest absolute Gasteiger partial charge is 0.266 e. The molecule has 0 saturated carbocycles. The van der Waals surface area contributed by atoms with Crippen molar-refractivity contribution in [2.45, 2.75) is 19.1 Å². The number of nitrogen functional groups attached to an aromatic ring is 1. The molecule has 2 N–H and O–H groups in total. The van der Waals surface area contributed by atoms with Crippen molar-refractivity contribution in [2.75, 3.05) is 24.6 Å². The summed E-state index contributed by atoms with van der Waals surface area (Å²) < 4.78 is 1.10. The van der Waals surface area contributed by atoms with E-state index in [4.69, 9.17) is 5.73 Å². The monoisotopic (exact) mass is 306 g/mol. The molecule has 1 aromatic heterocycles. The Labute approximate surface area is 127 Å². The maximum Gasteiger partial charge on any atom is 0.266 e. The molecule has 1 atom stereocenters. The Hall–Kier alpha value is -1.20. The standard InChI is InChI=1S/C15H18N2OS2/c1-9-3-4-11-12(7-9)20-14(13(11)16)15(18)17-5-6-19-10(2)8-17/h3-4,7,10H,5-6,8,16H2,1-2H3. The third kappa shape index (κ3) is 2.40. The highest BCUT2D eigenvalue weighted by atomic mass is 32.2. The van der Waals surface area contributed by atoms with Crippen LogP contribution >= 0.6 is 23.1 Å². The summed E-state index contributed by atoms with van der Waals surface area (Å²) in [6.07, 6.45) is 0. The fourth-order valence-electron chi connectivity index (χ4n) is 2.53. The molecule has 106 valence electrons. The Balaban J connectivity index is 1.97. The number of benzene rings is 1. The Morgan fingerprint density at radius 2 is 2.25 bits per heavy atom. The minimum Gasteiger partial charge on any atom is -0.397 e. The van der Waals surface area contributed by atoms with Gasteiger partial charge in [0.2, 0.25) is 0 Å². The molecular weight excluding hydrogens is 288 g/mol. The van der Waals surface area contributed by atoms with Gasteiger partial charge >= 0.3 is 0 Å². The molecule has 1 aliphatic heterocycles. The quantitative estimate of drug-likeness (QED) is 0.878. The molecular formula is C15H18N2OS2. The summed E-state index contributed by atoms with van der Waals surface area (Å²) in [7, 11) is 0. The molecule has 1 fully saturated rings. The molecule has 1 amide bonds. The van der Waals surface area contributed by atoms with Gasteiger partial charge in [-0.15, -0.1) is 11.3 Å². The molecule has 2 heterocycles.